The molecular formula is C10H17I3P2+2. The minimum atomic E-state index is -0.874. The van der Waals surface area contributed by atoms with Crippen molar-refractivity contribution in [1.29, 1.82) is 0 Å². The topological polar surface area (TPSA) is 0 Å². The fourth-order valence-corrected chi connectivity index (χ4v) is 10.8. The molecule has 0 fully saturated rings. The molecular weight excluding hydrogens is 563 g/mol. The van der Waals surface area contributed by atoms with Crippen molar-refractivity contribution < 1.29 is 0 Å². The molecule has 1 aliphatic rings. The fraction of sp³-hybridized carbons (Fsp3) is 0.600. The van der Waals surface area contributed by atoms with Crippen molar-refractivity contribution in [1.82, 2.24) is 0 Å². The Labute approximate surface area is 134 Å². The second-order valence-corrected chi connectivity index (χ2v) is 26.0. The fourth-order valence-electron chi connectivity index (χ4n) is 1.67. The second-order valence-electron chi connectivity index (χ2n) is 4.28. The van der Waals surface area contributed by atoms with E-state index in [9.17, 15) is 0 Å². The molecule has 0 aromatic heterocycles. The molecule has 86 valence electrons. The van der Waals surface area contributed by atoms with E-state index >= 15 is 0 Å². The predicted molar refractivity (Wildman–Crippen MR) is 104 cm³/mol. The van der Waals surface area contributed by atoms with Crippen molar-refractivity contribution in [2.75, 3.05) is 24.2 Å². The van der Waals surface area contributed by atoms with Crippen LogP contribution in [0.25, 0.3) is 0 Å². The Hall–Kier alpha value is 2.53. The van der Waals surface area contributed by atoms with Crippen LogP contribution in [-0.4, -0.2) is 24.2 Å². The van der Waals surface area contributed by atoms with Crippen LogP contribution in [0, 0.1) is 0 Å². The molecule has 0 N–H and O–H groups in total. The van der Waals surface area contributed by atoms with Gasteiger partial charge in [0.2, 0.25) is 0 Å². The van der Waals surface area contributed by atoms with Gasteiger partial charge in [0.25, 0.3) is 0 Å². The number of hydrogen-bond acceptors (Lipinski definition) is 0. The molecule has 1 rings (SSSR count). The first-order chi connectivity index (χ1) is 6.79. The highest BCUT2D eigenvalue weighted by atomic mass is 127. The van der Waals surface area contributed by atoms with Crippen LogP contribution in [0.3, 0.4) is 0 Å². The quantitative estimate of drug-likeness (QED) is 0.202. The Morgan fingerprint density at radius 2 is 1.87 bits per heavy atom. The van der Waals surface area contributed by atoms with Crippen LogP contribution in [0.2, 0.25) is 0 Å². The van der Waals surface area contributed by atoms with Crippen molar-refractivity contribution in [2.24, 2.45) is 0 Å². The monoisotopic (exact) mass is 580 g/mol. The summed E-state index contributed by atoms with van der Waals surface area (Å²) < 4.78 is 1.31. The van der Waals surface area contributed by atoms with Gasteiger partial charge in [0.1, 0.15) is 24.6 Å². The molecule has 1 aliphatic carbocycles. The van der Waals surface area contributed by atoms with Gasteiger partial charge in [0.05, 0.1) is 20.0 Å². The molecule has 0 spiro atoms. The Morgan fingerprint density at radius 1 is 1.27 bits per heavy atom. The average Bonchev–Trinajstić information content (AvgIpc) is 2.16. The maximum atomic E-state index is 2.74. The van der Waals surface area contributed by atoms with E-state index in [0.29, 0.717) is 0 Å². The van der Waals surface area contributed by atoms with Gasteiger partial charge >= 0.3 is 0 Å². The van der Waals surface area contributed by atoms with E-state index in [0.717, 1.165) is 0 Å². The van der Waals surface area contributed by atoms with E-state index in [1.54, 1.807) is 5.31 Å². The molecule has 0 saturated carbocycles. The minimum Gasteiger partial charge on any atom is -0.0800 e. The Kier molecular flexibility index (Phi) is 6.36. The average molecular weight is 580 g/mol. The second kappa shape index (κ2) is 6.12. The van der Waals surface area contributed by atoms with E-state index < -0.39 is 9.81 Å². The van der Waals surface area contributed by atoms with Gasteiger partial charge in [-0.15, -0.1) is 0 Å². The lowest BCUT2D eigenvalue weighted by atomic mass is 10.2. The Morgan fingerprint density at radius 3 is 2.33 bits per heavy atom. The number of rotatable bonds is 3. The van der Waals surface area contributed by atoms with E-state index in [1.165, 1.54) is 17.0 Å². The van der Waals surface area contributed by atoms with Gasteiger partial charge < -0.3 is 0 Å². The zero-order valence-electron chi connectivity index (χ0n) is 9.30. The van der Waals surface area contributed by atoms with Crippen molar-refractivity contribution in [3.05, 3.63) is 22.8 Å². The molecule has 0 bridgehead atoms. The van der Waals surface area contributed by atoms with Gasteiger partial charge in [-0.25, -0.2) is 0 Å². The van der Waals surface area contributed by atoms with Gasteiger partial charge in [-0.2, -0.15) is 0 Å². The summed E-state index contributed by atoms with van der Waals surface area (Å²) in [5, 5.41) is 3.52. The van der Waals surface area contributed by atoms with E-state index in [1.807, 2.05) is 5.31 Å². The summed E-state index contributed by atoms with van der Waals surface area (Å²) in [4.78, 5) is -1.72. The first-order valence-corrected chi connectivity index (χ1v) is 17.0. The molecule has 0 aromatic carbocycles. The van der Waals surface area contributed by atoms with Crippen molar-refractivity contribution in [2.45, 2.75) is 12.8 Å². The summed E-state index contributed by atoms with van der Waals surface area (Å²) in [6, 6.07) is 0. The highest BCUT2D eigenvalue weighted by Gasteiger charge is 2.42. The largest absolute Gasteiger partial charge is 0.161 e. The lowest BCUT2D eigenvalue weighted by molar-refractivity contribution is 1.01. The van der Waals surface area contributed by atoms with Gasteiger partial charge in [0, 0.05) is 6.42 Å². The lowest BCUT2D eigenvalue weighted by Crippen LogP contribution is -1.99. The van der Waals surface area contributed by atoms with Crippen LogP contribution in [0.4, 0.5) is 0 Å². The van der Waals surface area contributed by atoms with Gasteiger partial charge in [0.15, 0.2) is 44.1 Å². The maximum Gasteiger partial charge on any atom is 0.161 e. The summed E-state index contributed by atoms with van der Waals surface area (Å²) in [5.74, 6) is 0. The molecule has 1 atom stereocenters. The molecule has 0 amide bonds. The summed E-state index contributed by atoms with van der Waals surface area (Å²) in [6.07, 6.45) is 7.35. The molecule has 0 aliphatic heterocycles. The van der Waals surface area contributed by atoms with Gasteiger partial charge in [-0.1, -0.05) is 6.08 Å². The molecule has 1 unspecified atom stereocenters. The lowest BCUT2D eigenvalue weighted by Gasteiger charge is -2.22. The number of alkyl halides is 1. The van der Waals surface area contributed by atoms with Crippen molar-refractivity contribution in [3.63, 3.8) is 0 Å². The third kappa shape index (κ3) is 4.29. The Bertz CT molecular complexity index is 300. The van der Waals surface area contributed by atoms with Crippen LogP contribution in [0.15, 0.2) is 22.8 Å². The maximum absolute atomic E-state index is 2.74. The standard InChI is InChI=1S/C10H17I3P2/c1-14(2,12)9-6-4-5-7-10(9)15(3,13)8-11/h4,6H,5,7-8H2,1-3H3/q+2. The smallest absolute Gasteiger partial charge is 0.0800 e. The van der Waals surface area contributed by atoms with Crippen molar-refractivity contribution in [3.8, 4) is 0 Å². The normalized spacial score (nSPS) is 21.7. The molecule has 5 heteroatoms. The van der Waals surface area contributed by atoms with E-state index in [-0.39, 0.29) is 0 Å². The highest BCUT2D eigenvalue weighted by Crippen LogP contribution is 2.79. The van der Waals surface area contributed by atoms with Crippen LogP contribution in [0.5, 0.6) is 0 Å². The summed E-state index contributed by atoms with van der Waals surface area (Å²) >= 11 is 7.99. The molecule has 0 nitrogen and oxygen atoms in total. The number of hydrogen-bond donors (Lipinski definition) is 0. The third-order valence-electron chi connectivity index (χ3n) is 2.48. The van der Waals surface area contributed by atoms with Crippen LogP contribution in [0.1, 0.15) is 12.8 Å². The molecule has 0 radical (unpaired) electrons. The van der Waals surface area contributed by atoms with Gasteiger partial charge in [-0.05, 0) is 35.1 Å². The van der Waals surface area contributed by atoms with Crippen LogP contribution in [-0.2, 0) is 0 Å². The molecule has 0 saturated heterocycles. The Balaban J connectivity index is 3.19. The zero-order chi connectivity index (χ0) is 11.7. The first kappa shape index (κ1) is 15.6. The summed E-state index contributed by atoms with van der Waals surface area (Å²) in [6.45, 7) is 7.35. The minimum absolute atomic E-state index is 0.843. The predicted octanol–water partition coefficient (Wildman–Crippen LogP) is 6.57. The number of allylic oxidation sites excluding steroid dienone is 4. The van der Waals surface area contributed by atoms with E-state index in [2.05, 4.69) is 98.8 Å². The van der Waals surface area contributed by atoms with Crippen LogP contribution >= 0.6 is 76.5 Å². The molecule has 0 aromatic rings. The van der Waals surface area contributed by atoms with Crippen molar-refractivity contribution >= 4 is 76.5 Å². The van der Waals surface area contributed by atoms with E-state index in [4.69, 9.17) is 0 Å². The SMILES string of the molecule is C[P+](C)(I)C1=C([P+](C)(I)CI)CCC=C1. The first-order valence-electron chi connectivity index (χ1n) is 4.84. The highest BCUT2D eigenvalue weighted by molar-refractivity contribution is 14.2. The third-order valence-corrected chi connectivity index (χ3v) is 18.6. The summed E-state index contributed by atoms with van der Waals surface area (Å²) in [5.41, 5.74) is 0. The molecule has 0 heterocycles. The number of halogens is 3. The summed E-state index contributed by atoms with van der Waals surface area (Å²) in [7, 11) is 0. The van der Waals surface area contributed by atoms with Gasteiger partial charge in [-0.3, -0.25) is 0 Å². The van der Waals surface area contributed by atoms with Crippen LogP contribution < -0.4 is 0 Å². The zero-order valence-corrected chi connectivity index (χ0v) is 17.6. The molecule has 15 heavy (non-hydrogen) atoms.